The third kappa shape index (κ3) is 2.94. The Kier molecular flexibility index (Phi) is 3.68. The predicted octanol–water partition coefficient (Wildman–Crippen LogP) is 1.57. The van der Waals surface area contributed by atoms with Crippen molar-refractivity contribution in [2.24, 2.45) is 0 Å². The lowest BCUT2D eigenvalue weighted by molar-refractivity contribution is -0.137. The second-order valence-electron chi connectivity index (χ2n) is 5.33. The molecule has 21 heavy (non-hydrogen) atoms. The van der Waals surface area contributed by atoms with Crippen molar-refractivity contribution in [3.63, 3.8) is 0 Å². The van der Waals surface area contributed by atoms with Crippen LogP contribution in [0, 0.1) is 0 Å². The molecule has 1 fully saturated rings. The summed E-state index contributed by atoms with van der Waals surface area (Å²) in [7, 11) is 0. The molecular formula is C15H18N2O4. The number of anilines is 1. The van der Waals surface area contributed by atoms with E-state index < -0.39 is 5.97 Å². The SMILES string of the molecule is O=C(O)CCN(C(=O)c1cccc2c1OCCN2)C1CC1. The molecule has 0 unspecified atom stereocenters. The first-order valence-electron chi connectivity index (χ1n) is 7.19. The van der Waals surface area contributed by atoms with E-state index in [9.17, 15) is 9.59 Å². The molecule has 0 aromatic heterocycles. The minimum Gasteiger partial charge on any atom is -0.489 e. The quantitative estimate of drug-likeness (QED) is 0.860. The molecule has 2 N–H and O–H groups in total. The molecule has 2 aliphatic rings. The summed E-state index contributed by atoms with van der Waals surface area (Å²) in [5.41, 5.74) is 1.33. The maximum Gasteiger partial charge on any atom is 0.305 e. The molecule has 6 nitrogen and oxygen atoms in total. The third-order valence-corrected chi connectivity index (χ3v) is 3.72. The molecule has 3 rings (SSSR count). The molecule has 0 saturated heterocycles. The van der Waals surface area contributed by atoms with Crippen molar-refractivity contribution < 1.29 is 19.4 Å². The molecule has 1 amide bonds. The van der Waals surface area contributed by atoms with Gasteiger partial charge in [-0.15, -0.1) is 0 Å². The number of para-hydroxylation sites is 1. The highest BCUT2D eigenvalue weighted by atomic mass is 16.5. The monoisotopic (exact) mass is 290 g/mol. The van der Waals surface area contributed by atoms with Gasteiger partial charge >= 0.3 is 5.97 Å². The Labute approximate surface area is 122 Å². The predicted molar refractivity (Wildman–Crippen MR) is 76.7 cm³/mol. The zero-order chi connectivity index (χ0) is 14.8. The topological polar surface area (TPSA) is 78.9 Å². The molecule has 1 aromatic carbocycles. The van der Waals surface area contributed by atoms with Gasteiger partial charge in [-0.05, 0) is 25.0 Å². The number of carboxylic acid groups (broad SMARTS) is 1. The van der Waals surface area contributed by atoms with Gasteiger partial charge in [0.1, 0.15) is 6.61 Å². The van der Waals surface area contributed by atoms with Crippen LogP contribution in [0.1, 0.15) is 29.6 Å². The zero-order valence-electron chi connectivity index (χ0n) is 11.7. The van der Waals surface area contributed by atoms with Crippen LogP contribution < -0.4 is 10.1 Å². The number of nitrogens with one attached hydrogen (secondary N) is 1. The number of hydrogen-bond donors (Lipinski definition) is 2. The van der Waals surface area contributed by atoms with Crippen molar-refractivity contribution in [1.82, 2.24) is 4.90 Å². The molecule has 0 spiro atoms. The Morgan fingerprint density at radius 2 is 2.19 bits per heavy atom. The average Bonchev–Trinajstić information content (AvgIpc) is 3.31. The van der Waals surface area contributed by atoms with Crippen LogP contribution >= 0.6 is 0 Å². The Morgan fingerprint density at radius 1 is 1.38 bits per heavy atom. The number of nitrogens with zero attached hydrogens (tertiary/aromatic N) is 1. The summed E-state index contributed by atoms with van der Waals surface area (Å²) in [5.74, 6) is -0.449. The summed E-state index contributed by atoms with van der Waals surface area (Å²) >= 11 is 0. The highest BCUT2D eigenvalue weighted by Crippen LogP contribution is 2.35. The molecule has 1 aliphatic carbocycles. The number of ether oxygens (including phenoxy) is 1. The van der Waals surface area contributed by atoms with Gasteiger partial charge in [-0.2, -0.15) is 0 Å². The fourth-order valence-corrected chi connectivity index (χ4v) is 2.55. The van der Waals surface area contributed by atoms with E-state index in [1.165, 1.54) is 0 Å². The first kappa shape index (κ1) is 13.7. The fourth-order valence-electron chi connectivity index (χ4n) is 2.55. The van der Waals surface area contributed by atoms with Crippen LogP contribution in [0.2, 0.25) is 0 Å². The van der Waals surface area contributed by atoms with Gasteiger partial charge in [-0.25, -0.2) is 0 Å². The molecule has 1 saturated carbocycles. The lowest BCUT2D eigenvalue weighted by Gasteiger charge is -2.26. The maximum absolute atomic E-state index is 12.7. The number of hydrogen-bond acceptors (Lipinski definition) is 4. The third-order valence-electron chi connectivity index (χ3n) is 3.72. The van der Waals surface area contributed by atoms with Gasteiger partial charge in [0.05, 0.1) is 17.7 Å². The first-order valence-corrected chi connectivity index (χ1v) is 7.19. The van der Waals surface area contributed by atoms with Crippen molar-refractivity contribution in [3.05, 3.63) is 23.8 Å². The van der Waals surface area contributed by atoms with E-state index in [0.29, 0.717) is 17.9 Å². The van der Waals surface area contributed by atoms with Crippen LogP contribution in [-0.4, -0.2) is 47.6 Å². The van der Waals surface area contributed by atoms with E-state index in [1.807, 2.05) is 12.1 Å². The summed E-state index contributed by atoms with van der Waals surface area (Å²) in [6.45, 7) is 1.49. The molecular weight excluding hydrogens is 272 g/mol. The Morgan fingerprint density at radius 3 is 2.90 bits per heavy atom. The minimum atomic E-state index is -0.888. The first-order chi connectivity index (χ1) is 10.2. The molecule has 1 aliphatic heterocycles. The zero-order valence-corrected chi connectivity index (χ0v) is 11.7. The summed E-state index contributed by atoms with van der Waals surface area (Å²) in [6.07, 6.45) is 1.86. The second kappa shape index (κ2) is 5.63. The number of carbonyl (C=O) groups is 2. The lowest BCUT2D eigenvalue weighted by atomic mass is 10.1. The number of benzene rings is 1. The van der Waals surface area contributed by atoms with Crippen molar-refractivity contribution in [2.75, 3.05) is 25.0 Å². The molecule has 112 valence electrons. The van der Waals surface area contributed by atoms with E-state index in [0.717, 1.165) is 25.1 Å². The van der Waals surface area contributed by atoms with Crippen LogP contribution in [0.25, 0.3) is 0 Å². The molecule has 0 radical (unpaired) electrons. The van der Waals surface area contributed by atoms with E-state index in [-0.39, 0.29) is 24.9 Å². The molecule has 6 heteroatoms. The summed E-state index contributed by atoms with van der Waals surface area (Å²) in [5, 5.41) is 12.0. The Hall–Kier alpha value is -2.24. The van der Waals surface area contributed by atoms with E-state index in [2.05, 4.69) is 5.32 Å². The average molecular weight is 290 g/mol. The van der Waals surface area contributed by atoms with Crippen molar-refractivity contribution in [3.8, 4) is 5.75 Å². The molecule has 0 atom stereocenters. The normalized spacial score (nSPS) is 16.4. The van der Waals surface area contributed by atoms with Crippen LogP contribution in [-0.2, 0) is 4.79 Å². The number of fused-ring (bicyclic) bond motifs is 1. The summed E-state index contributed by atoms with van der Waals surface area (Å²) in [6, 6.07) is 5.61. The Bertz CT molecular complexity index is 569. The van der Waals surface area contributed by atoms with Gasteiger partial charge in [-0.1, -0.05) is 6.07 Å². The number of aliphatic carboxylic acids is 1. The summed E-state index contributed by atoms with van der Waals surface area (Å²) in [4.78, 5) is 25.2. The van der Waals surface area contributed by atoms with Gasteiger partial charge in [0.15, 0.2) is 5.75 Å². The molecule has 1 aromatic rings. The van der Waals surface area contributed by atoms with Crippen molar-refractivity contribution in [2.45, 2.75) is 25.3 Å². The smallest absolute Gasteiger partial charge is 0.305 e. The Balaban J connectivity index is 1.84. The van der Waals surface area contributed by atoms with E-state index in [1.54, 1.807) is 11.0 Å². The van der Waals surface area contributed by atoms with Gasteiger partial charge in [-0.3, -0.25) is 9.59 Å². The maximum atomic E-state index is 12.7. The number of carboxylic acids is 1. The number of amides is 1. The van der Waals surface area contributed by atoms with Crippen molar-refractivity contribution >= 4 is 17.6 Å². The van der Waals surface area contributed by atoms with E-state index >= 15 is 0 Å². The minimum absolute atomic E-state index is 0.0314. The van der Waals surface area contributed by atoms with Gasteiger partial charge < -0.3 is 20.1 Å². The van der Waals surface area contributed by atoms with Crippen LogP contribution in [0.4, 0.5) is 5.69 Å². The summed E-state index contributed by atoms with van der Waals surface area (Å²) < 4.78 is 5.63. The van der Waals surface area contributed by atoms with Crippen LogP contribution in [0.3, 0.4) is 0 Å². The van der Waals surface area contributed by atoms with Gasteiger partial charge in [0.2, 0.25) is 0 Å². The largest absolute Gasteiger partial charge is 0.489 e. The van der Waals surface area contributed by atoms with E-state index in [4.69, 9.17) is 9.84 Å². The highest BCUT2D eigenvalue weighted by molar-refractivity contribution is 5.99. The molecule has 1 heterocycles. The molecule has 0 bridgehead atoms. The van der Waals surface area contributed by atoms with Gasteiger partial charge in [0, 0.05) is 19.1 Å². The number of carbonyl (C=O) groups excluding carboxylic acids is 1. The fraction of sp³-hybridized carbons (Fsp3) is 0.467. The standard InChI is InChI=1S/C15H18N2O4/c18-13(19)6-8-17(10-4-5-10)15(20)11-2-1-3-12-14(11)21-9-7-16-12/h1-3,10,16H,4-9H2,(H,18,19). The van der Waals surface area contributed by atoms with Crippen LogP contribution in [0.15, 0.2) is 18.2 Å². The highest BCUT2D eigenvalue weighted by Gasteiger charge is 2.34. The van der Waals surface area contributed by atoms with Gasteiger partial charge in [0.25, 0.3) is 5.91 Å². The van der Waals surface area contributed by atoms with Crippen LogP contribution in [0.5, 0.6) is 5.75 Å². The number of rotatable bonds is 5. The lowest BCUT2D eigenvalue weighted by Crippen LogP contribution is -2.35. The second-order valence-corrected chi connectivity index (χ2v) is 5.33. The van der Waals surface area contributed by atoms with Crippen molar-refractivity contribution in [1.29, 1.82) is 0 Å².